The molecule has 2 aromatic rings. The van der Waals surface area contributed by atoms with E-state index in [0.29, 0.717) is 11.7 Å². The molecule has 1 amide bonds. The summed E-state index contributed by atoms with van der Waals surface area (Å²) in [5.41, 5.74) is 2.78. The topological polar surface area (TPSA) is 78.8 Å². The normalized spacial score (nSPS) is 22.0. The summed E-state index contributed by atoms with van der Waals surface area (Å²) in [5, 5.41) is 14.8. The number of rotatable bonds is 5. The molecule has 2 aliphatic rings. The highest BCUT2D eigenvalue weighted by atomic mass is 16.2. The minimum atomic E-state index is -0.0472. The molecule has 140 valence electrons. The summed E-state index contributed by atoms with van der Waals surface area (Å²) < 4.78 is 1.84. The zero-order valence-electron chi connectivity index (χ0n) is 15.4. The first-order valence-corrected chi connectivity index (χ1v) is 9.77. The van der Waals surface area contributed by atoms with Crippen molar-refractivity contribution in [3.63, 3.8) is 0 Å². The van der Waals surface area contributed by atoms with E-state index >= 15 is 0 Å². The van der Waals surface area contributed by atoms with Crippen LogP contribution in [-0.2, 0) is 13.6 Å². The summed E-state index contributed by atoms with van der Waals surface area (Å²) in [6.45, 7) is 1.93. The van der Waals surface area contributed by atoms with Crippen LogP contribution in [0.15, 0.2) is 18.5 Å². The Hall–Kier alpha value is -2.15. The van der Waals surface area contributed by atoms with Gasteiger partial charge in [0.05, 0.1) is 17.9 Å². The third kappa shape index (κ3) is 3.82. The molecule has 26 heavy (non-hydrogen) atoms. The van der Waals surface area contributed by atoms with Gasteiger partial charge in [0.2, 0.25) is 0 Å². The summed E-state index contributed by atoms with van der Waals surface area (Å²) in [6, 6.07) is 2.54. The highest BCUT2D eigenvalue weighted by Gasteiger charge is 2.27. The summed E-state index contributed by atoms with van der Waals surface area (Å²) in [5.74, 6) is -0.0472. The second-order valence-corrected chi connectivity index (χ2v) is 7.67. The number of H-pyrrole nitrogens is 1. The van der Waals surface area contributed by atoms with E-state index in [1.54, 1.807) is 0 Å². The number of nitrogens with one attached hydrogen (secondary N) is 2. The van der Waals surface area contributed by atoms with Crippen LogP contribution >= 0.6 is 0 Å². The zero-order valence-corrected chi connectivity index (χ0v) is 15.4. The van der Waals surface area contributed by atoms with Gasteiger partial charge in [0, 0.05) is 31.4 Å². The predicted molar refractivity (Wildman–Crippen MR) is 98.5 cm³/mol. The van der Waals surface area contributed by atoms with Gasteiger partial charge in [-0.1, -0.05) is 19.3 Å². The molecular weight excluding hydrogens is 328 g/mol. The molecule has 0 radical (unpaired) electrons. The van der Waals surface area contributed by atoms with E-state index < -0.39 is 0 Å². The van der Waals surface area contributed by atoms with E-state index in [-0.39, 0.29) is 11.9 Å². The van der Waals surface area contributed by atoms with Crippen molar-refractivity contribution in [2.75, 3.05) is 6.54 Å². The number of carbonyl (C=O) groups excluding carboxylic acids is 1. The Balaban J connectivity index is 1.44. The van der Waals surface area contributed by atoms with Crippen LogP contribution in [0.4, 0.5) is 0 Å². The Morgan fingerprint density at radius 3 is 2.85 bits per heavy atom. The summed E-state index contributed by atoms with van der Waals surface area (Å²) in [6.07, 6.45) is 12.1. The second-order valence-electron chi connectivity index (χ2n) is 7.67. The van der Waals surface area contributed by atoms with Crippen LogP contribution in [0.3, 0.4) is 0 Å². The molecule has 0 aromatic carbocycles. The number of hydrogen-bond acceptors (Lipinski definition) is 4. The molecule has 1 saturated carbocycles. The Labute approximate surface area is 154 Å². The molecule has 3 heterocycles. The van der Waals surface area contributed by atoms with Gasteiger partial charge in [0.15, 0.2) is 0 Å². The van der Waals surface area contributed by atoms with Crippen molar-refractivity contribution >= 4 is 5.91 Å². The number of nitrogens with zero attached hydrogens (tertiary/aromatic N) is 4. The van der Waals surface area contributed by atoms with Crippen molar-refractivity contribution in [2.45, 2.75) is 63.6 Å². The van der Waals surface area contributed by atoms with Gasteiger partial charge in [-0.25, -0.2) is 0 Å². The smallest absolute Gasteiger partial charge is 0.271 e. The van der Waals surface area contributed by atoms with E-state index in [2.05, 4.69) is 31.7 Å². The van der Waals surface area contributed by atoms with Crippen molar-refractivity contribution in [2.24, 2.45) is 7.05 Å². The van der Waals surface area contributed by atoms with Crippen LogP contribution in [0.1, 0.15) is 72.7 Å². The molecule has 0 unspecified atom stereocenters. The van der Waals surface area contributed by atoms with Gasteiger partial charge < -0.3 is 5.32 Å². The monoisotopic (exact) mass is 356 g/mol. The maximum atomic E-state index is 12.5. The fourth-order valence-electron chi connectivity index (χ4n) is 4.27. The lowest BCUT2D eigenvalue weighted by Gasteiger charge is -2.34. The maximum absolute atomic E-state index is 12.5. The summed E-state index contributed by atoms with van der Waals surface area (Å²) in [4.78, 5) is 14.9. The highest BCUT2D eigenvalue weighted by Crippen LogP contribution is 2.31. The number of aromatic amines is 1. The lowest BCUT2D eigenvalue weighted by Crippen LogP contribution is -2.33. The number of likely N-dealkylation sites (tertiary alicyclic amines) is 1. The number of carbonyl (C=O) groups is 1. The molecule has 1 atom stereocenters. The molecule has 1 aliphatic heterocycles. The molecule has 4 rings (SSSR count). The average molecular weight is 356 g/mol. The van der Waals surface area contributed by atoms with Crippen LogP contribution in [0.5, 0.6) is 0 Å². The van der Waals surface area contributed by atoms with Crippen molar-refractivity contribution in [1.29, 1.82) is 0 Å². The van der Waals surface area contributed by atoms with Crippen LogP contribution in [0.25, 0.3) is 0 Å². The van der Waals surface area contributed by atoms with E-state index in [1.807, 2.05) is 24.0 Å². The van der Waals surface area contributed by atoms with E-state index in [9.17, 15) is 4.79 Å². The van der Waals surface area contributed by atoms with Gasteiger partial charge in [-0.2, -0.15) is 10.2 Å². The average Bonchev–Trinajstić information content (AvgIpc) is 3.38. The first-order valence-electron chi connectivity index (χ1n) is 9.77. The number of hydrogen-bond donors (Lipinski definition) is 2. The second kappa shape index (κ2) is 7.61. The van der Waals surface area contributed by atoms with Gasteiger partial charge >= 0.3 is 0 Å². The number of piperidine rings is 1. The number of aryl methyl sites for hydroxylation is 1. The van der Waals surface area contributed by atoms with Crippen LogP contribution in [-0.4, -0.2) is 43.4 Å². The Morgan fingerprint density at radius 1 is 1.27 bits per heavy atom. The first-order chi connectivity index (χ1) is 12.7. The quantitative estimate of drug-likeness (QED) is 0.863. The molecule has 1 aliphatic carbocycles. The molecule has 7 heteroatoms. The van der Waals surface area contributed by atoms with Crippen LogP contribution in [0.2, 0.25) is 0 Å². The molecular formula is C19H28N6O. The van der Waals surface area contributed by atoms with Crippen molar-refractivity contribution in [3.05, 3.63) is 35.4 Å². The lowest BCUT2D eigenvalue weighted by molar-refractivity contribution is 0.0932. The van der Waals surface area contributed by atoms with Crippen molar-refractivity contribution in [3.8, 4) is 0 Å². The molecule has 0 spiro atoms. The third-order valence-electron chi connectivity index (χ3n) is 5.64. The summed E-state index contributed by atoms with van der Waals surface area (Å²) >= 11 is 0. The molecule has 2 N–H and O–H groups in total. The highest BCUT2D eigenvalue weighted by molar-refractivity contribution is 5.92. The predicted octanol–water partition coefficient (Wildman–Crippen LogP) is 2.54. The van der Waals surface area contributed by atoms with E-state index in [1.165, 1.54) is 31.2 Å². The first kappa shape index (κ1) is 17.3. The molecule has 7 nitrogen and oxygen atoms in total. The van der Waals surface area contributed by atoms with Crippen molar-refractivity contribution in [1.82, 2.24) is 30.2 Å². The largest absolute Gasteiger partial charge is 0.348 e. The Bertz CT molecular complexity index is 745. The fraction of sp³-hybridized carbons (Fsp3) is 0.632. The summed E-state index contributed by atoms with van der Waals surface area (Å²) in [7, 11) is 1.95. The molecule has 0 bridgehead atoms. The van der Waals surface area contributed by atoms with Crippen molar-refractivity contribution < 1.29 is 4.79 Å². The van der Waals surface area contributed by atoms with Gasteiger partial charge in [0.25, 0.3) is 5.91 Å². The molecule has 1 saturated heterocycles. The lowest BCUT2D eigenvalue weighted by atomic mass is 9.98. The maximum Gasteiger partial charge on any atom is 0.271 e. The van der Waals surface area contributed by atoms with E-state index in [4.69, 9.17) is 0 Å². The van der Waals surface area contributed by atoms with Gasteiger partial charge in [0.1, 0.15) is 5.69 Å². The Kier molecular flexibility index (Phi) is 5.06. The number of amides is 1. The standard InChI is InChI=1S/C19H28N6O/c1-24-12-14(11-20-24)13-25-9-5-4-8-18(25)16-10-17(23-22-16)19(26)21-15-6-2-3-7-15/h10-12,15,18H,2-9,13H2,1H3,(H,21,26)(H,22,23)/t18-/m0/s1. The van der Waals surface area contributed by atoms with Crippen LogP contribution in [0, 0.1) is 0 Å². The minimum Gasteiger partial charge on any atom is -0.348 e. The number of aromatic nitrogens is 4. The van der Waals surface area contributed by atoms with Gasteiger partial charge in [-0.3, -0.25) is 19.5 Å². The molecule has 2 fully saturated rings. The van der Waals surface area contributed by atoms with E-state index in [0.717, 1.165) is 38.0 Å². The minimum absolute atomic E-state index is 0.0472. The van der Waals surface area contributed by atoms with Gasteiger partial charge in [-0.05, 0) is 38.3 Å². The Morgan fingerprint density at radius 2 is 2.08 bits per heavy atom. The zero-order chi connectivity index (χ0) is 17.9. The fourth-order valence-corrected chi connectivity index (χ4v) is 4.27. The molecule has 2 aromatic heterocycles. The SMILES string of the molecule is Cn1cc(CN2CCCC[C@H]2c2cc(C(=O)NC3CCCC3)n[nH]2)cn1. The third-order valence-corrected chi connectivity index (χ3v) is 5.64. The van der Waals surface area contributed by atoms with Crippen LogP contribution < -0.4 is 5.32 Å². The van der Waals surface area contributed by atoms with Gasteiger partial charge in [-0.15, -0.1) is 0 Å².